The first-order valence-electron chi connectivity index (χ1n) is 9.40. The molecule has 2 saturated heterocycles. The SMILES string of the molecule is COc1ccc(C(=O)C2CCN(C(=O)C(N)C3CCOCC3)CC2)cc1. The van der Waals surface area contributed by atoms with E-state index in [0.717, 1.165) is 18.6 Å². The molecule has 6 heteroatoms. The van der Waals surface area contributed by atoms with Crippen LogP contribution >= 0.6 is 0 Å². The quantitative estimate of drug-likeness (QED) is 0.811. The number of carbonyl (C=O) groups excluding carboxylic acids is 2. The van der Waals surface area contributed by atoms with Crippen LogP contribution in [0.1, 0.15) is 36.0 Å². The molecule has 142 valence electrons. The van der Waals surface area contributed by atoms with Crippen molar-refractivity contribution in [3.8, 4) is 5.75 Å². The standard InChI is InChI=1S/C20H28N2O4/c1-25-17-4-2-15(3-5-17)19(23)16-6-10-22(11-7-16)20(24)18(21)14-8-12-26-13-9-14/h2-5,14,16,18H,6-13,21H2,1H3. The minimum absolute atomic E-state index is 0.0206. The molecule has 3 rings (SSSR count). The highest BCUT2D eigenvalue weighted by molar-refractivity contribution is 5.98. The Bertz CT molecular complexity index is 617. The molecule has 1 unspecified atom stereocenters. The van der Waals surface area contributed by atoms with Crippen LogP contribution in [0.5, 0.6) is 5.75 Å². The van der Waals surface area contributed by atoms with Gasteiger partial charge in [-0.15, -0.1) is 0 Å². The third-order valence-electron chi connectivity index (χ3n) is 5.61. The molecule has 1 aromatic rings. The fraction of sp³-hybridized carbons (Fsp3) is 0.600. The van der Waals surface area contributed by atoms with Crippen LogP contribution < -0.4 is 10.5 Å². The van der Waals surface area contributed by atoms with E-state index in [1.165, 1.54) is 0 Å². The lowest BCUT2D eigenvalue weighted by Crippen LogP contribution is -2.51. The van der Waals surface area contributed by atoms with Crippen molar-refractivity contribution in [2.24, 2.45) is 17.6 Å². The highest BCUT2D eigenvalue weighted by atomic mass is 16.5. The van der Waals surface area contributed by atoms with Gasteiger partial charge >= 0.3 is 0 Å². The highest BCUT2D eigenvalue weighted by Gasteiger charge is 2.33. The van der Waals surface area contributed by atoms with E-state index in [-0.39, 0.29) is 23.5 Å². The summed E-state index contributed by atoms with van der Waals surface area (Å²) in [7, 11) is 1.61. The Kier molecular flexibility index (Phi) is 6.27. The number of hydrogen-bond donors (Lipinski definition) is 1. The number of benzene rings is 1. The second-order valence-corrected chi connectivity index (χ2v) is 7.17. The summed E-state index contributed by atoms with van der Waals surface area (Å²) in [4.78, 5) is 27.2. The maximum atomic E-state index is 12.7. The molecule has 6 nitrogen and oxygen atoms in total. The molecule has 1 amide bonds. The zero-order chi connectivity index (χ0) is 18.5. The molecule has 0 bridgehead atoms. The number of piperidine rings is 1. The van der Waals surface area contributed by atoms with Gasteiger partial charge in [0, 0.05) is 37.8 Å². The van der Waals surface area contributed by atoms with Gasteiger partial charge in [-0.25, -0.2) is 0 Å². The van der Waals surface area contributed by atoms with Gasteiger partial charge in [-0.2, -0.15) is 0 Å². The van der Waals surface area contributed by atoms with Gasteiger partial charge in [0.25, 0.3) is 0 Å². The first-order chi connectivity index (χ1) is 12.6. The van der Waals surface area contributed by atoms with Gasteiger partial charge in [0.15, 0.2) is 5.78 Å². The van der Waals surface area contributed by atoms with Crippen molar-refractivity contribution in [2.75, 3.05) is 33.4 Å². The fourth-order valence-corrected chi connectivity index (χ4v) is 3.84. The van der Waals surface area contributed by atoms with Crippen molar-refractivity contribution in [3.05, 3.63) is 29.8 Å². The predicted octanol–water partition coefficient (Wildman–Crippen LogP) is 1.87. The summed E-state index contributed by atoms with van der Waals surface area (Å²) in [6.45, 7) is 2.57. The van der Waals surface area contributed by atoms with Crippen molar-refractivity contribution in [3.63, 3.8) is 0 Å². The minimum atomic E-state index is -0.451. The van der Waals surface area contributed by atoms with Gasteiger partial charge in [0.05, 0.1) is 13.2 Å². The Morgan fingerprint density at radius 1 is 1.12 bits per heavy atom. The second kappa shape index (κ2) is 8.64. The van der Waals surface area contributed by atoms with Crippen molar-refractivity contribution < 1.29 is 19.1 Å². The average Bonchev–Trinajstić information content (AvgIpc) is 2.73. The number of nitrogens with two attached hydrogens (primary N) is 1. The van der Waals surface area contributed by atoms with Gasteiger partial charge < -0.3 is 20.1 Å². The Hall–Kier alpha value is -1.92. The molecule has 0 spiro atoms. The van der Waals surface area contributed by atoms with Gasteiger partial charge in [0.2, 0.25) is 5.91 Å². The molecular weight excluding hydrogens is 332 g/mol. The van der Waals surface area contributed by atoms with Crippen LogP contribution in [0.15, 0.2) is 24.3 Å². The van der Waals surface area contributed by atoms with Crippen LogP contribution in [-0.4, -0.2) is 56.0 Å². The Labute approximate surface area is 154 Å². The van der Waals surface area contributed by atoms with Crippen molar-refractivity contribution in [2.45, 2.75) is 31.7 Å². The zero-order valence-electron chi connectivity index (χ0n) is 15.4. The number of methoxy groups -OCH3 is 1. The molecular formula is C20H28N2O4. The Morgan fingerprint density at radius 3 is 2.31 bits per heavy atom. The highest BCUT2D eigenvalue weighted by Crippen LogP contribution is 2.25. The maximum Gasteiger partial charge on any atom is 0.239 e. The summed E-state index contributed by atoms with van der Waals surface area (Å²) in [5, 5.41) is 0. The summed E-state index contributed by atoms with van der Waals surface area (Å²) < 4.78 is 10.5. The first kappa shape index (κ1) is 18.9. The number of hydrogen-bond acceptors (Lipinski definition) is 5. The number of nitrogens with zero attached hydrogens (tertiary/aromatic N) is 1. The van der Waals surface area contributed by atoms with E-state index in [1.54, 1.807) is 31.4 Å². The molecule has 0 saturated carbocycles. The molecule has 2 aliphatic rings. The monoisotopic (exact) mass is 360 g/mol. The van der Waals surface area contributed by atoms with Crippen LogP contribution in [0.2, 0.25) is 0 Å². The number of Topliss-reactive ketones (excluding diaryl/α,β-unsaturated/α-hetero) is 1. The summed E-state index contributed by atoms with van der Waals surface area (Å²) in [5.41, 5.74) is 6.91. The summed E-state index contributed by atoms with van der Waals surface area (Å²) in [6.07, 6.45) is 3.08. The zero-order valence-corrected chi connectivity index (χ0v) is 15.4. The van der Waals surface area contributed by atoms with Crippen molar-refractivity contribution in [1.82, 2.24) is 4.90 Å². The van der Waals surface area contributed by atoms with Gasteiger partial charge in [-0.3, -0.25) is 9.59 Å². The largest absolute Gasteiger partial charge is 0.497 e. The summed E-state index contributed by atoms with van der Waals surface area (Å²) >= 11 is 0. The van der Waals surface area contributed by atoms with Crippen molar-refractivity contribution in [1.29, 1.82) is 0 Å². The van der Waals surface area contributed by atoms with Crippen LogP contribution in [-0.2, 0) is 9.53 Å². The van der Waals surface area contributed by atoms with E-state index in [4.69, 9.17) is 15.2 Å². The number of amides is 1. The third-order valence-corrected chi connectivity index (χ3v) is 5.61. The molecule has 26 heavy (non-hydrogen) atoms. The lowest BCUT2D eigenvalue weighted by atomic mass is 9.87. The normalized spacial score (nSPS) is 20.6. The summed E-state index contributed by atoms with van der Waals surface area (Å²) in [6, 6.07) is 6.77. The number of carbonyl (C=O) groups is 2. The molecule has 1 aromatic carbocycles. The first-order valence-corrected chi connectivity index (χ1v) is 9.40. The van der Waals surface area contributed by atoms with Crippen LogP contribution in [0, 0.1) is 11.8 Å². The lowest BCUT2D eigenvalue weighted by Gasteiger charge is -2.35. The van der Waals surface area contributed by atoms with Gasteiger partial charge in [-0.05, 0) is 55.9 Å². The fourth-order valence-electron chi connectivity index (χ4n) is 3.84. The number of rotatable bonds is 5. The van der Waals surface area contributed by atoms with Crippen molar-refractivity contribution >= 4 is 11.7 Å². The van der Waals surface area contributed by atoms with Crippen LogP contribution in [0.25, 0.3) is 0 Å². The number of ether oxygens (including phenoxy) is 2. The maximum absolute atomic E-state index is 12.7. The van der Waals surface area contributed by atoms with Gasteiger partial charge in [0.1, 0.15) is 5.75 Å². The number of likely N-dealkylation sites (tertiary alicyclic amines) is 1. The predicted molar refractivity (Wildman–Crippen MR) is 98.1 cm³/mol. The molecule has 1 atom stereocenters. The molecule has 2 aliphatic heterocycles. The van der Waals surface area contributed by atoms with E-state index in [0.29, 0.717) is 44.7 Å². The molecule has 2 N–H and O–H groups in total. The van der Waals surface area contributed by atoms with E-state index < -0.39 is 6.04 Å². The molecule has 0 radical (unpaired) electrons. The van der Waals surface area contributed by atoms with E-state index in [1.807, 2.05) is 4.90 Å². The molecule has 2 fully saturated rings. The Morgan fingerprint density at radius 2 is 1.73 bits per heavy atom. The minimum Gasteiger partial charge on any atom is -0.497 e. The lowest BCUT2D eigenvalue weighted by molar-refractivity contribution is -0.136. The average molecular weight is 360 g/mol. The summed E-state index contributed by atoms with van der Waals surface area (Å²) in [5.74, 6) is 1.08. The molecule has 0 aliphatic carbocycles. The molecule has 2 heterocycles. The van der Waals surface area contributed by atoms with E-state index >= 15 is 0 Å². The second-order valence-electron chi connectivity index (χ2n) is 7.17. The van der Waals surface area contributed by atoms with Crippen LogP contribution in [0.4, 0.5) is 0 Å². The van der Waals surface area contributed by atoms with Crippen LogP contribution in [0.3, 0.4) is 0 Å². The van der Waals surface area contributed by atoms with E-state index in [9.17, 15) is 9.59 Å². The Balaban J connectivity index is 1.52. The number of ketones is 1. The topological polar surface area (TPSA) is 81.9 Å². The van der Waals surface area contributed by atoms with E-state index in [2.05, 4.69) is 0 Å². The molecule has 0 aromatic heterocycles. The smallest absolute Gasteiger partial charge is 0.239 e. The third kappa shape index (κ3) is 4.24. The van der Waals surface area contributed by atoms with Gasteiger partial charge in [-0.1, -0.05) is 0 Å².